The summed E-state index contributed by atoms with van der Waals surface area (Å²) in [5, 5.41) is 1.00. The first-order chi connectivity index (χ1) is 12.7. The Hall–Kier alpha value is -2.34. The molecule has 2 heterocycles. The fourth-order valence-electron chi connectivity index (χ4n) is 3.30. The smallest absolute Gasteiger partial charge is 0.208 e. The highest BCUT2D eigenvalue weighted by atomic mass is 19.1. The van der Waals surface area contributed by atoms with E-state index in [1.165, 1.54) is 6.07 Å². The Kier molecular flexibility index (Phi) is 4.68. The third-order valence-electron chi connectivity index (χ3n) is 4.62. The molecule has 0 spiro atoms. The van der Waals surface area contributed by atoms with E-state index in [-0.39, 0.29) is 35.4 Å². The average Bonchev–Trinajstić information content (AvgIpc) is 3.05. The highest BCUT2D eigenvalue weighted by Gasteiger charge is 2.21. The van der Waals surface area contributed by atoms with Crippen LogP contribution < -0.4 is 9.47 Å². The van der Waals surface area contributed by atoms with E-state index in [9.17, 15) is 8.78 Å². The number of fused-ring (bicyclic) bond motifs is 3. The summed E-state index contributed by atoms with van der Waals surface area (Å²) < 4.78 is 51.3. The summed E-state index contributed by atoms with van der Waals surface area (Å²) in [6, 6.07) is 6.43. The fourth-order valence-corrected chi connectivity index (χ4v) is 3.30. The van der Waals surface area contributed by atoms with Gasteiger partial charge >= 0.3 is 0 Å². The van der Waals surface area contributed by atoms with Gasteiger partial charge in [0.1, 0.15) is 6.61 Å². The maximum atomic E-state index is 14.8. The maximum absolute atomic E-state index is 14.8. The van der Waals surface area contributed by atoms with Gasteiger partial charge in [0.2, 0.25) is 11.6 Å². The summed E-state index contributed by atoms with van der Waals surface area (Å²) in [7, 11) is 0. The second-order valence-corrected chi connectivity index (χ2v) is 6.34. The molecule has 0 N–H and O–H groups in total. The third kappa shape index (κ3) is 2.98. The van der Waals surface area contributed by atoms with Gasteiger partial charge in [0.25, 0.3) is 0 Å². The van der Waals surface area contributed by atoms with Gasteiger partial charge in [0, 0.05) is 17.4 Å². The van der Waals surface area contributed by atoms with E-state index >= 15 is 0 Å². The molecule has 1 aromatic heterocycles. The van der Waals surface area contributed by atoms with Crippen molar-refractivity contribution in [1.29, 1.82) is 0 Å². The van der Waals surface area contributed by atoms with E-state index in [2.05, 4.69) is 0 Å². The van der Waals surface area contributed by atoms with Crippen LogP contribution in [-0.4, -0.2) is 25.9 Å². The lowest BCUT2D eigenvalue weighted by atomic mass is 10.1. The Morgan fingerprint density at radius 1 is 0.962 bits per heavy atom. The summed E-state index contributed by atoms with van der Waals surface area (Å²) in [6.45, 7) is 3.09. The Labute approximate surface area is 149 Å². The topological polar surface area (TPSA) is 40.8 Å². The molecule has 1 atom stereocenters. The van der Waals surface area contributed by atoms with Crippen molar-refractivity contribution in [2.45, 2.75) is 32.3 Å². The van der Waals surface area contributed by atoms with Crippen molar-refractivity contribution in [1.82, 2.24) is 0 Å². The molecule has 3 aromatic rings. The highest BCUT2D eigenvalue weighted by Crippen LogP contribution is 2.37. The van der Waals surface area contributed by atoms with Crippen molar-refractivity contribution in [2.24, 2.45) is 0 Å². The van der Waals surface area contributed by atoms with E-state index in [0.717, 1.165) is 19.3 Å². The molecular formula is C20H20F2O4. The van der Waals surface area contributed by atoms with Crippen LogP contribution in [0.25, 0.3) is 21.9 Å². The van der Waals surface area contributed by atoms with Crippen LogP contribution in [-0.2, 0) is 4.74 Å². The van der Waals surface area contributed by atoms with Crippen molar-refractivity contribution in [3.05, 3.63) is 35.9 Å². The number of ether oxygens (including phenoxy) is 3. The molecule has 26 heavy (non-hydrogen) atoms. The Morgan fingerprint density at radius 3 is 2.19 bits per heavy atom. The highest BCUT2D eigenvalue weighted by molar-refractivity contribution is 6.06. The van der Waals surface area contributed by atoms with Crippen molar-refractivity contribution in [3.8, 4) is 11.5 Å². The molecule has 2 aromatic carbocycles. The molecule has 6 heteroatoms. The number of rotatable bonds is 5. The standard InChI is InChI=1S/C20H20F2O4/c1-2-23-15-8-6-13-14-7-9-16(25-11-12-5-3-4-10-24-12)18(22)20(14)26-19(13)17(15)21/h6-9,12H,2-5,10-11H2,1H3. The fraction of sp³-hybridized carbons (Fsp3) is 0.400. The lowest BCUT2D eigenvalue weighted by molar-refractivity contribution is -0.0117. The van der Waals surface area contributed by atoms with Gasteiger partial charge in [-0.2, -0.15) is 8.78 Å². The van der Waals surface area contributed by atoms with Crippen LogP contribution in [0.2, 0.25) is 0 Å². The molecule has 1 aliphatic rings. The van der Waals surface area contributed by atoms with Gasteiger partial charge in [0.05, 0.1) is 12.7 Å². The van der Waals surface area contributed by atoms with Crippen LogP contribution in [0.5, 0.6) is 11.5 Å². The van der Waals surface area contributed by atoms with Gasteiger partial charge in [-0.3, -0.25) is 0 Å². The zero-order valence-corrected chi connectivity index (χ0v) is 14.5. The summed E-state index contributed by atoms with van der Waals surface area (Å²) in [5.41, 5.74) is -0.0350. The number of hydrogen-bond donors (Lipinski definition) is 0. The van der Waals surface area contributed by atoms with Gasteiger partial charge in [-0.05, 0) is 50.5 Å². The molecule has 0 saturated carbocycles. The molecular weight excluding hydrogens is 342 g/mol. The molecule has 1 aliphatic heterocycles. The van der Waals surface area contributed by atoms with E-state index < -0.39 is 11.6 Å². The van der Waals surface area contributed by atoms with Gasteiger partial charge < -0.3 is 18.6 Å². The summed E-state index contributed by atoms with van der Waals surface area (Å²) >= 11 is 0. The lowest BCUT2D eigenvalue weighted by Gasteiger charge is -2.22. The SMILES string of the molecule is CCOc1ccc2c(oc3c(F)c(OCC4CCCCO4)ccc32)c1F. The second kappa shape index (κ2) is 7.11. The first kappa shape index (κ1) is 17.1. The normalized spacial score (nSPS) is 17.7. The van der Waals surface area contributed by atoms with E-state index in [0.29, 0.717) is 24.0 Å². The Morgan fingerprint density at radius 2 is 1.62 bits per heavy atom. The minimum Gasteiger partial charge on any atom is -0.491 e. The molecule has 1 saturated heterocycles. The Balaban J connectivity index is 1.68. The lowest BCUT2D eigenvalue weighted by Crippen LogP contribution is -2.25. The second-order valence-electron chi connectivity index (χ2n) is 6.34. The van der Waals surface area contributed by atoms with Crippen LogP contribution in [0.15, 0.2) is 28.7 Å². The monoisotopic (exact) mass is 362 g/mol. The predicted molar refractivity (Wildman–Crippen MR) is 93.9 cm³/mol. The summed E-state index contributed by atoms with van der Waals surface area (Å²) in [4.78, 5) is 0. The van der Waals surface area contributed by atoms with Crippen LogP contribution in [0.3, 0.4) is 0 Å². The van der Waals surface area contributed by atoms with Crippen LogP contribution in [0.1, 0.15) is 26.2 Å². The molecule has 4 nitrogen and oxygen atoms in total. The quantitative estimate of drug-likeness (QED) is 0.625. The largest absolute Gasteiger partial charge is 0.491 e. The number of benzene rings is 2. The zero-order chi connectivity index (χ0) is 18.1. The van der Waals surface area contributed by atoms with Crippen molar-refractivity contribution in [3.63, 3.8) is 0 Å². The van der Waals surface area contributed by atoms with E-state index in [4.69, 9.17) is 18.6 Å². The maximum Gasteiger partial charge on any atom is 0.208 e. The first-order valence-electron chi connectivity index (χ1n) is 8.89. The van der Waals surface area contributed by atoms with Gasteiger partial charge in [-0.1, -0.05) is 0 Å². The number of hydrogen-bond acceptors (Lipinski definition) is 4. The van der Waals surface area contributed by atoms with Crippen LogP contribution in [0, 0.1) is 11.6 Å². The van der Waals surface area contributed by atoms with Crippen molar-refractivity contribution < 1.29 is 27.4 Å². The van der Waals surface area contributed by atoms with Gasteiger partial charge in [-0.25, -0.2) is 0 Å². The van der Waals surface area contributed by atoms with E-state index in [1.54, 1.807) is 25.1 Å². The van der Waals surface area contributed by atoms with Crippen LogP contribution in [0.4, 0.5) is 8.78 Å². The number of furan rings is 1. The molecule has 0 amide bonds. The van der Waals surface area contributed by atoms with Gasteiger partial charge in [0.15, 0.2) is 22.7 Å². The van der Waals surface area contributed by atoms with Crippen LogP contribution >= 0.6 is 0 Å². The molecule has 0 radical (unpaired) electrons. The Bertz CT molecular complexity index is 929. The summed E-state index contributed by atoms with van der Waals surface area (Å²) in [5.74, 6) is -1.09. The minimum atomic E-state index is -0.633. The number of halogens is 2. The molecule has 1 unspecified atom stereocenters. The average molecular weight is 362 g/mol. The first-order valence-corrected chi connectivity index (χ1v) is 8.89. The molecule has 0 aliphatic carbocycles. The van der Waals surface area contributed by atoms with Crippen molar-refractivity contribution >= 4 is 21.9 Å². The molecule has 138 valence electrons. The van der Waals surface area contributed by atoms with Gasteiger partial charge in [-0.15, -0.1) is 0 Å². The minimum absolute atomic E-state index is 0.0161. The van der Waals surface area contributed by atoms with Crippen molar-refractivity contribution in [2.75, 3.05) is 19.8 Å². The third-order valence-corrected chi connectivity index (χ3v) is 4.62. The predicted octanol–water partition coefficient (Wildman–Crippen LogP) is 5.21. The molecule has 1 fully saturated rings. The van der Waals surface area contributed by atoms with E-state index in [1.807, 2.05) is 0 Å². The molecule has 0 bridgehead atoms. The molecule has 4 rings (SSSR count). The summed E-state index contributed by atoms with van der Waals surface area (Å²) in [6.07, 6.45) is 3.01. The zero-order valence-electron chi connectivity index (χ0n) is 14.5.